The molecule has 0 aromatic carbocycles. The molecule has 0 radical (unpaired) electrons. The largest absolute Gasteiger partial charge is 0.472 e. The summed E-state index contributed by atoms with van der Waals surface area (Å²) in [6, 6.07) is 0. The van der Waals surface area contributed by atoms with E-state index in [0.29, 0.717) is 6.42 Å². The molecule has 0 aromatic rings. The first-order valence-electron chi connectivity index (χ1n) is 21.0. The number of carbonyl (C=O) groups excluding carboxylic acids is 2. The van der Waals surface area contributed by atoms with Gasteiger partial charge in [0.2, 0.25) is 0 Å². The predicted octanol–water partition coefficient (Wildman–Crippen LogP) is 11.7. The van der Waals surface area contributed by atoms with E-state index in [1.54, 1.807) is 0 Å². The molecule has 50 heavy (non-hydrogen) atoms. The molecule has 10 heteroatoms. The first-order valence-corrected chi connectivity index (χ1v) is 22.5. The van der Waals surface area contributed by atoms with Crippen molar-refractivity contribution < 1.29 is 37.6 Å². The summed E-state index contributed by atoms with van der Waals surface area (Å²) in [5.74, 6) is -0.817. The normalized spacial score (nSPS) is 13.3. The van der Waals surface area contributed by atoms with E-state index in [-0.39, 0.29) is 38.6 Å². The Kier molecular flexibility index (Phi) is 37.0. The molecule has 9 nitrogen and oxygen atoms in total. The van der Waals surface area contributed by atoms with E-state index in [0.717, 1.165) is 32.1 Å². The molecular formula is C40H80NO8P. The van der Waals surface area contributed by atoms with Crippen molar-refractivity contribution in [2.75, 3.05) is 26.4 Å². The summed E-state index contributed by atoms with van der Waals surface area (Å²) in [5, 5.41) is 0. The Hall–Kier alpha value is -0.990. The van der Waals surface area contributed by atoms with Crippen LogP contribution in [0.4, 0.5) is 0 Å². The predicted molar refractivity (Wildman–Crippen MR) is 206 cm³/mol. The van der Waals surface area contributed by atoms with Gasteiger partial charge in [-0.1, -0.05) is 187 Å². The number of phosphoric ester groups is 1. The van der Waals surface area contributed by atoms with E-state index >= 15 is 0 Å². The van der Waals surface area contributed by atoms with Crippen molar-refractivity contribution in [3.05, 3.63) is 0 Å². The molecule has 3 N–H and O–H groups in total. The maximum atomic E-state index is 12.6. The zero-order valence-electron chi connectivity index (χ0n) is 32.7. The number of hydrogen-bond acceptors (Lipinski definition) is 8. The van der Waals surface area contributed by atoms with Crippen LogP contribution in [-0.4, -0.2) is 49.3 Å². The molecule has 0 aromatic heterocycles. The molecule has 0 saturated carbocycles. The van der Waals surface area contributed by atoms with Crippen LogP contribution in [0, 0.1) is 0 Å². The van der Waals surface area contributed by atoms with Crippen LogP contribution in [0.15, 0.2) is 0 Å². The lowest BCUT2D eigenvalue weighted by atomic mass is 10.0. The van der Waals surface area contributed by atoms with Gasteiger partial charge >= 0.3 is 19.8 Å². The molecule has 0 saturated heterocycles. The zero-order chi connectivity index (χ0) is 36.8. The third-order valence-electron chi connectivity index (χ3n) is 9.24. The van der Waals surface area contributed by atoms with E-state index in [1.807, 2.05) is 0 Å². The van der Waals surface area contributed by atoms with E-state index in [2.05, 4.69) is 13.8 Å². The maximum absolute atomic E-state index is 12.6. The summed E-state index contributed by atoms with van der Waals surface area (Å²) in [5.41, 5.74) is 5.34. The van der Waals surface area contributed by atoms with Gasteiger partial charge in [-0.05, 0) is 12.8 Å². The number of unbranched alkanes of at least 4 members (excludes halogenated alkanes) is 27. The van der Waals surface area contributed by atoms with Crippen LogP contribution in [0.3, 0.4) is 0 Å². The Bertz CT molecular complexity index is 799. The van der Waals surface area contributed by atoms with Crippen LogP contribution in [0.5, 0.6) is 0 Å². The van der Waals surface area contributed by atoms with Crippen molar-refractivity contribution in [1.29, 1.82) is 0 Å². The molecule has 0 aliphatic heterocycles. The van der Waals surface area contributed by atoms with Gasteiger partial charge in [0.1, 0.15) is 6.61 Å². The number of carbonyl (C=O) groups is 2. The number of hydrogen-bond donors (Lipinski definition) is 2. The average Bonchev–Trinajstić information content (AvgIpc) is 3.10. The highest BCUT2D eigenvalue weighted by atomic mass is 31.2. The summed E-state index contributed by atoms with van der Waals surface area (Å²) in [6.07, 6.45) is 35.6. The van der Waals surface area contributed by atoms with Crippen LogP contribution in [0.2, 0.25) is 0 Å². The van der Waals surface area contributed by atoms with Crippen LogP contribution >= 0.6 is 7.82 Å². The Balaban J connectivity index is 4.06. The zero-order valence-corrected chi connectivity index (χ0v) is 33.6. The molecule has 2 atom stereocenters. The molecule has 298 valence electrons. The Labute approximate surface area is 307 Å². The Morgan fingerprint density at radius 3 is 1.22 bits per heavy atom. The van der Waals surface area contributed by atoms with Gasteiger partial charge in [0.15, 0.2) is 6.10 Å². The van der Waals surface area contributed by atoms with Gasteiger partial charge in [-0.3, -0.25) is 18.6 Å². The van der Waals surface area contributed by atoms with Crippen LogP contribution < -0.4 is 5.73 Å². The lowest BCUT2D eigenvalue weighted by Crippen LogP contribution is -2.29. The van der Waals surface area contributed by atoms with Crippen molar-refractivity contribution in [3.63, 3.8) is 0 Å². The highest BCUT2D eigenvalue weighted by molar-refractivity contribution is 7.47. The molecular weight excluding hydrogens is 653 g/mol. The fourth-order valence-electron chi connectivity index (χ4n) is 6.11. The number of rotatable bonds is 40. The summed E-state index contributed by atoms with van der Waals surface area (Å²) in [7, 11) is -4.36. The van der Waals surface area contributed by atoms with Crippen molar-refractivity contribution in [2.45, 2.75) is 219 Å². The smallest absolute Gasteiger partial charge is 0.462 e. The monoisotopic (exact) mass is 734 g/mol. The minimum atomic E-state index is -4.36. The topological polar surface area (TPSA) is 134 Å². The van der Waals surface area contributed by atoms with Gasteiger partial charge in [-0.25, -0.2) is 4.57 Å². The molecule has 0 amide bonds. The van der Waals surface area contributed by atoms with Crippen molar-refractivity contribution in [1.82, 2.24) is 0 Å². The standard InChI is InChI=1S/C40H80NO8P/c1-3-5-7-9-11-13-15-16-17-18-19-20-21-22-23-25-27-29-31-33-40(43)49-38(37-48-50(44,45)47-35-34-41)36-46-39(42)32-30-28-26-24-14-12-10-8-6-4-2/h38H,3-37,41H2,1-2H3,(H,44,45)/t38-/m1/s1. The van der Waals surface area contributed by atoms with E-state index in [1.165, 1.54) is 148 Å². The maximum Gasteiger partial charge on any atom is 0.472 e. The molecule has 0 fully saturated rings. The molecule has 1 unspecified atom stereocenters. The van der Waals surface area contributed by atoms with Crippen LogP contribution in [0.1, 0.15) is 213 Å². The second-order valence-corrected chi connectivity index (χ2v) is 15.7. The third-order valence-corrected chi connectivity index (χ3v) is 10.2. The van der Waals surface area contributed by atoms with Crippen molar-refractivity contribution in [2.24, 2.45) is 5.73 Å². The Morgan fingerprint density at radius 2 is 0.860 bits per heavy atom. The van der Waals surface area contributed by atoms with Crippen molar-refractivity contribution >= 4 is 19.8 Å². The molecule has 0 rings (SSSR count). The SMILES string of the molecule is CCCCCCCCCCCCCCCCCCCCCC(=O)O[C@H](COC(=O)CCCCCCCCCCCC)COP(=O)(O)OCCN. The number of nitrogens with two attached hydrogens (primary N) is 1. The first kappa shape index (κ1) is 49.0. The van der Waals surface area contributed by atoms with Gasteiger partial charge in [-0.2, -0.15) is 0 Å². The number of phosphoric acid groups is 1. The summed E-state index contributed by atoms with van der Waals surface area (Å²) < 4.78 is 32.7. The average molecular weight is 734 g/mol. The van der Waals surface area contributed by atoms with Crippen molar-refractivity contribution in [3.8, 4) is 0 Å². The van der Waals surface area contributed by atoms with Gasteiger partial charge in [-0.15, -0.1) is 0 Å². The summed E-state index contributed by atoms with van der Waals surface area (Å²) in [6.45, 7) is 3.75. The number of esters is 2. The van der Waals surface area contributed by atoms with Crippen LogP contribution in [-0.2, 0) is 32.7 Å². The summed E-state index contributed by atoms with van der Waals surface area (Å²) in [4.78, 5) is 34.7. The minimum Gasteiger partial charge on any atom is -0.462 e. The molecule has 0 aliphatic rings. The first-order chi connectivity index (χ1) is 24.3. The van der Waals surface area contributed by atoms with Gasteiger partial charge in [0.25, 0.3) is 0 Å². The lowest BCUT2D eigenvalue weighted by molar-refractivity contribution is -0.161. The van der Waals surface area contributed by atoms with Crippen LogP contribution in [0.25, 0.3) is 0 Å². The summed E-state index contributed by atoms with van der Waals surface area (Å²) >= 11 is 0. The van der Waals surface area contributed by atoms with E-state index < -0.39 is 26.5 Å². The van der Waals surface area contributed by atoms with E-state index in [4.69, 9.17) is 24.3 Å². The fraction of sp³-hybridized carbons (Fsp3) is 0.950. The van der Waals surface area contributed by atoms with Gasteiger partial charge in [0, 0.05) is 19.4 Å². The minimum absolute atomic E-state index is 0.0579. The third kappa shape index (κ3) is 36.8. The molecule has 0 heterocycles. The fourth-order valence-corrected chi connectivity index (χ4v) is 6.87. The van der Waals surface area contributed by atoms with E-state index in [9.17, 15) is 19.0 Å². The highest BCUT2D eigenvalue weighted by Gasteiger charge is 2.26. The van der Waals surface area contributed by atoms with Gasteiger partial charge < -0.3 is 20.1 Å². The lowest BCUT2D eigenvalue weighted by Gasteiger charge is -2.19. The molecule has 0 spiro atoms. The second kappa shape index (κ2) is 37.8. The molecule has 0 aliphatic carbocycles. The highest BCUT2D eigenvalue weighted by Crippen LogP contribution is 2.43. The van der Waals surface area contributed by atoms with Gasteiger partial charge in [0.05, 0.1) is 13.2 Å². The quantitative estimate of drug-likeness (QED) is 0.0358. The second-order valence-electron chi connectivity index (χ2n) is 14.2. The molecule has 0 bridgehead atoms. The number of ether oxygens (including phenoxy) is 2. The Morgan fingerprint density at radius 1 is 0.520 bits per heavy atom.